The first-order valence-corrected chi connectivity index (χ1v) is 10.5. The number of halogens is 2. The van der Waals surface area contributed by atoms with Gasteiger partial charge in [-0.05, 0) is 63.2 Å². The summed E-state index contributed by atoms with van der Waals surface area (Å²) in [5.41, 5.74) is 3.75. The molecule has 1 aromatic carbocycles. The van der Waals surface area contributed by atoms with Gasteiger partial charge in [0, 0.05) is 28.8 Å². The van der Waals surface area contributed by atoms with Crippen LogP contribution in [0.3, 0.4) is 0 Å². The van der Waals surface area contributed by atoms with Crippen LogP contribution in [0, 0.1) is 13.8 Å². The molecule has 4 aromatic rings. The van der Waals surface area contributed by atoms with Gasteiger partial charge in [0.15, 0.2) is 16.6 Å². The van der Waals surface area contributed by atoms with Gasteiger partial charge in [0.2, 0.25) is 0 Å². The number of ether oxygens (including phenoxy) is 1. The van der Waals surface area contributed by atoms with E-state index in [1.54, 1.807) is 12.1 Å². The Kier molecular flexibility index (Phi) is 5.77. The first-order valence-electron chi connectivity index (χ1n) is 9.60. The van der Waals surface area contributed by atoms with Gasteiger partial charge in [-0.15, -0.1) is 10.2 Å². The molecule has 3 aromatic heterocycles. The molecular formula is C22H20F2N4O2S. The zero-order chi connectivity index (χ0) is 22.1. The Morgan fingerprint density at radius 2 is 1.84 bits per heavy atom. The molecule has 9 heteroatoms. The molecule has 0 radical (unpaired) electrons. The SMILES string of the molecule is Cc1cc(C(=O)C(C)Sc2nnc3ccccn23)c(C)n1-c1ccc(OC(F)F)cc1. The van der Waals surface area contributed by atoms with Gasteiger partial charge in [-0.1, -0.05) is 17.8 Å². The smallest absolute Gasteiger partial charge is 0.387 e. The van der Waals surface area contributed by atoms with Gasteiger partial charge in [-0.3, -0.25) is 9.20 Å². The molecule has 0 spiro atoms. The average molecular weight is 442 g/mol. The minimum atomic E-state index is -2.87. The maximum atomic E-state index is 13.2. The lowest BCUT2D eigenvalue weighted by Gasteiger charge is -2.12. The summed E-state index contributed by atoms with van der Waals surface area (Å²) in [6.45, 7) is 2.75. The third-order valence-electron chi connectivity index (χ3n) is 4.95. The Balaban J connectivity index is 1.58. The van der Waals surface area contributed by atoms with Crippen LogP contribution >= 0.6 is 11.8 Å². The molecule has 6 nitrogen and oxygen atoms in total. The standard InChI is InChI=1S/C22H20F2N4O2S/c1-13-12-18(14(2)28(13)16-7-9-17(10-8-16)30-21(23)24)20(29)15(3)31-22-26-25-19-6-4-5-11-27(19)22/h4-12,15,21H,1-3H3. The molecule has 0 saturated heterocycles. The number of ketones is 1. The summed E-state index contributed by atoms with van der Waals surface area (Å²) in [5, 5.41) is 8.59. The van der Waals surface area contributed by atoms with Crippen LogP contribution in [0.4, 0.5) is 8.78 Å². The normalized spacial score (nSPS) is 12.5. The van der Waals surface area contributed by atoms with E-state index in [1.165, 1.54) is 23.9 Å². The van der Waals surface area contributed by atoms with Crippen molar-refractivity contribution in [3.05, 3.63) is 71.7 Å². The van der Waals surface area contributed by atoms with Gasteiger partial charge in [-0.2, -0.15) is 8.78 Å². The number of aromatic nitrogens is 4. The molecule has 0 N–H and O–H groups in total. The van der Waals surface area contributed by atoms with Gasteiger partial charge in [0.25, 0.3) is 0 Å². The number of alkyl halides is 2. The summed E-state index contributed by atoms with van der Waals surface area (Å²) in [4.78, 5) is 13.2. The van der Waals surface area contributed by atoms with Crippen molar-refractivity contribution in [2.75, 3.05) is 0 Å². The molecule has 4 rings (SSSR count). The van der Waals surface area contributed by atoms with E-state index in [2.05, 4.69) is 14.9 Å². The Hall–Kier alpha value is -3.20. The molecule has 0 amide bonds. The molecule has 1 unspecified atom stereocenters. The molecule has 31 heavy (non-hydrogen) atoms. The number of benzene rings is 1. The molecular weight excluding hydrogens is 422 g/mol. The Bertz CT molecular complexity index is 1230. The van der Waals surface area contributed by atoms with E-state index in [0.717, 1.165) is 22.7 Å². The van der Waals surface area contributed by atoms with Crippen molar-refractivity contribution < 1.29 is 18.3 Å². The number of pyridine rings is 1. The predicted octanol–water partition coefficient (Wildman–Crippen LogP) is 5.10. The van der Waals surface area contributed by atoms with E-state index < -0.39 is 6.61 Å². The highest BCUT2D eigenvalue weighted by molar-refractivity contribution is 8.00. The molecule has 3 heterocycles. The first kappa shape index (κ1) is 21.0. The molecule has 0 fully saturated rings. The number of carbonyl (C=O) groups is 1. The van der Waals surface area contributed by atoms with Crippen molar-refractivity contribution in [3.8, 4) is 11.4 Å². The number of hydrogen-bond acceptors (Lipinski definition) is 5. The summed E-state index contributed by atoms with van der Waals surface area (Å²) in [5.74, 6) is 0.0674. The van der Waals surface area contributed by atoms with Crippen molar-refractivity contribution in [2.45, 2.75) is 37.8 Å². The average Bonchev–Trinajstić information content (AvgIpc) is 3.28. The van der Waals surface area contributed by atoms with E-state index in [-0.39, 0.29) is 16.8 Å². The Morgan fingerprint density at radius 3 is 2.55 bits per heavy atom. The van der Waals surface area contributed by atoms with Crippen molar-refractivity contribution in [3.63, 3.8) is 0 Å². The molecule has 0 aliphatic carbocycles. The van der Waals surface area contributed by atoms with Crippen molar-refractivity contribution >= 4 is 23.2 Å². The van der Waals surface area contributed by atoms with Crippen LogP contribution in [0.25, 0.3) is 11.3 Å². The highest BCUT2D eigenvalue weighted by Crippen LogP contribution is 2.29. The first-order chi connectivity index (χ1) is 14.8. The maximum Gasteiger partial charge on any atom is 0.387 e. The van der Waals surface area contributed by atoms with E-state index in [9.17, 15) is 13.6 Å². The van der Waals surface area contributed by atoms with Crippen molar-refractivity contribution in [1.29, 1.82) is 0 Å². The third kappa shape index (κ3) is 4.18. The van der Waals surface area contributed by atoms with E-state index in [1.807, 2.05) is 60.2 Å². The third-order valence-corrected chi connectivity index (χ3v) is 6.01. The Labute approximate surface area is 181 Å². The van der Waals surface area contributed by atoms with Gasteiger partial charge >= 0.3 is 6.61 Å². The zero-order valence-electron chi connectivity index (χ0n) is 17.1. The maximum absolute atomic E-state index is 13.2. The van der Waals surface area contributed by atoms with Crippen molar-refractivity contribution in [1.82, 2.24) is 19.2 Å². The fourth-order valence-corrected chi connectivity index (χ4v) is 4.42. The molecule has 0 saturated carbocycles. The van der Waals surface area contributed by atoms with Gasteiger partial charge < -0.3 is 9.30 Å². The quantitative estimate of drug-likeness (QED) is 0.294. The second kappa shape index (κ2) is 8.50. The van der Waals surface area contributed by atoms with Crippen LogP contribution in [0.2, 0.25) is 0 Å². The summed E-state index contributed by atoms with van der Waals surface area (Å²) in [7, 11) is 0. The molecule has 0 bridgehead atoms. The minimum Gasteiger partial charge on any atom is -0.435 e. The molecule has 0 aliphatic heterocycles. The number of aryl methyl sites for hydroxylation is 1. The summed E-state index contributed by atoms with van der Waals surface area (Å²) in [6, 6.07) is 13.8. The monoisotopic (exact) mass is 442 g/mol. The topological polar surface area (TPSA) is 61.4 Å². The van der Waals surface area contributed by atoms with Gasteiger partial charge in [0.05, 0.1) is 5.25 Å². The number of carbonyl (C=O) groups excluding carboxylic acids is 1. The lowest BCUT2D eigenvalue weighted by molar-refractivity contribution is -0.0498. The summed E-state index contributed by atoms with van der Waals surface area (Å²) >= 11 is 1.35. The molecule has 160 valence electrons. The second-order valence-electron chi connectivity index (χ2n) is 7.03. The van der Waals surface area contributed by atoms with Crippen LogP contribution in [-0.4, -0.2) is 36.8 Å². The van der Waals surface area contributed by atoms with Gasteiger partial charge in [0.1, 0.15) is 5.75 Å². The number of fused-ring (bicyclic) bond motifs is 1. The number of nitrogens with zero attached hydrogens (tertiary/aromatic N) is 4. The van der Waals surface area contributed by atoms with Crippen LogP contribution in [0.15, 0.2) is 59.9 Å². The predicted molar refractivity (Wildman–Crippen MR) is 115 cm³/mol. The second-order valence-corrected chi connectivity index (χ2v) is 8.34. The zero-order valence-corrected chi connectivity index (χ0v) is 17.9. The van der Waals surface area contributed by atoms with Crippen molar-refractivity contribution in [2.24, 2.45) is 0 Å². The number of hydrogen-bond donors (Lipinski definition) is 0. The Morgan fingerprint density at radius 1 is 1.10 bits per heavy atom. The molecule has 0 aliphatic rings. The van der Waals surface area contributed by atoms with Crippen LogP contribution < -0.4 is 4.74 Å². The van der Waals surface area contributed by atoms with E-state index >= 15 is 0 Å². The largest absolute Gasteiger partial charge is 0.435 e. The summed E-state index contributed by atoms with van der Waals surface area (Å²) < 4.78 is 32.9. The number of Topliss-reactive ketones (excluding diaryl/α,β-unsaturated/α-hetero) is 1. The minimum absolute atomic E-state index is 0.0188. The fourth-order valence-electron chi connectivity index (χ4n) is 3.52. The lowest BCUT2D eigenvalue weighted by Crippen LogP contribution is -2.15. The highest BCUT2D eigenvalue weighted by Gasteiger charge is 2.24. The molecule has 1 atom stereocenters. The van der Waals surface area contributed by atoms with Crippen LogP contribution in [0.1, 0.15) is 28.7 Å². The van der Waals surface area contributed by atoms with Crippen LogP contribution in [0.5, 0.6) is 5.75 Å². The lowest BCUT2D eigenvalue weighted by atomic mass is 10.1. The number of thioether (sulfide) groups is 1. The fraction of sp³-hybridized carbons (Fsp3) is 0.227. The van der Waals surface area contributed by atoms with E-state index in [0.29, 0.717) is 10.7 Å². The van der Waals surface area contributed by atoms with Gasteiger partial charge in [-0.25, -0.2) is 0 Å². The van der Waals surface area contributed by atoms with Crippen LogP contribution in [-0.2, 0) is 0 Å². The summed E-state index contributed by atoms with van der Waals surface area (Å²) in [6.07, 6.45) is 1.86. The number of rotatable bonds is 7. The van der Waals surface area contributed by atoms with E-state index in [4.69, 9.17) is 0 Å². The highest BCUT2D eigenvalue weighted by atomic mass is 32.2.